The molecule has 0 unspecified atom stereocenters. The Morgan fingerprint density at radius 3 is 2.65 bits per heavy atom. The van der Waals surface area contributed by atoms with Gasteiger partial charge in [0.1, 0.15) is 0 Å². The lowest BCUT2D eigenvalue weighted by Crippen LogP contribution is -2.31. The van der Waals surface area contributed by atoms with E-state index in [1.54, 1.807) is 12.3 Å². The SMILES string of the molecule is Cc1ccc(OCC(=O)N[C@@H](C)c2ccccc2)nc1. The van der Waals surface area contributed by atoms with Gasteiger partial charge in [0, 0.05) is 12.3 Å². The topological polar surface area (TPSA) is 51.2 Å². The fraction of sp³-hybridized carbons (Fsp3) is 0.250. The van der Waals surface area contributed by atoms with Gasteiger partial charge in [0.25, 0.3) is 5.91 Å². The van der Waals surface area contributed by atoms with E-state index in [-0.39, 0.29) is 18.6 Å². The molecule has 1 atom stereocenters. The summed E-state index contributed by atoms with van der Waals surface area (Å²) < 4.78 is 5.34. The molecule has 2 aromatic rings. The molecule has 1 heterocycles. The number of aromatic nitrogens is 1. The molecule has 0 spiro atoms. The van der Waals surface area contributed by atoms with Gasteiger partial charge in [-0.15, -0.1) is 0 Å². The maximum Gasteiger partial charge on any atom is 0.258 e. The molecule has 4 nitrogen and oxygen atoms in total. The minimum Gasteiger partial charge on any atom is -0.468 e. The second-order valence-corrected chi connectivity index (χ2v) is 4.66. The van der Waals surface area contributed by atoms with Crippen molar-refractivity contribution < 1.29 is 9.53 Å². The van der Waals surface area contributed by atoms with Crippen molar-refractivity contribution in [3.05, 3.63) is 59.8 Å². The first kappa shape index (κ1) is 14.1. The molecular weight excluding hydrogens is 252 g/mol. The van der Waals surface area contributed by atoms with Gasteiger partial charge in [0.15, 0.2) is 6.61 Å². The van der Waals surface area contributed by atoms with Crippen molar-refractivity contribution in [2.75, 3.05) is 6.61 Å². The van der Waals surface area contributed by atoms with E-state index in [1.165, 1.54) is 0 Å². The molecule has 104 valence electrons. The van der Waals surface area contributed by atoms with Crippen LogP contribution < -0.4 is 10.1 Å². The van der Waals surface area contributed by atoms with Crippen molar-refractivity contribution in [1.82, 2.24) is 10.3 Å². The van der Waals surface area contributed by atoms with Crippen LogP contribution in [0.25, 0.3) is 0 Å². The smallest absolute Gasteiger partial charge is 0.258 e. The number of aryl methyl sites for hydroxylation is 1. The lowest BCUT2D eigenvalue weighted by Gasteiger charge is -2.14. The van der Waals surface area contributed by atoms with Gasteiger partial charge in [-0.05, 0) is 25.0 Å². The molecule has 1 amide bonds. The normalized spacial score (nSPS) is 11.7. The van der Waals surface area contributed by atoms with Gasteiger partial charge in [-0.1, -0.05) is 36.4 Å². The average Bonchev–Trinajstić information content (AvgIpc) is 2.47. The lowest BCUT2D eigenvalue weighted by atomic mass is 10.1. The van der Waals surface area contributed by atoms with Gasteiger partial charge in [-0.2, -0.15) is 0 Å². The zero-order valence-electron chi connectivity index (χ0n) is 11.7. The molecule has 4 heteroatoms. The molecule has 0 aliphatic carbocycles. The Morgan fingerprint density at radius 1 is 1.25 bits per heavy atom. The van der Waals surface area contributed by atoms with Crippen LogP contribution in [-0.4, -0.2) is 17.5 Å². The van der Waals surface area contributed by atoms with E-state index in [2.05, 4.69) is 10.3 Å². The largest absolute Gasteiger partial charge is 0.468 e. The number of ether oxygens (including phenoxy) is 1. The summed E-state index contributed by atoms with van der Waals surface area (Å²) >= 11 is 0. The van der Waals surface area contributed by atoms with Crippen LogP contribution in [0.5, 0.6) is 5.88 Å². The highest BCUT2D eigenvalue weighted by atomic mass is 16.5. The van der Waals surface area contributed by atoms with Crippen LogP contribution in [0.2, 0.25) is 0 Å². The van der Waals surface area contributed by atoms with Gasteiger partial charge in [-0.3, -0.25) is 4.79 Å². The van der Waals surface area contributed by atoms with Crippen molar-refractivity contribution in [3.8, 4) is 5.88 Å². The first-order valence-corrected chi connectivity index (χ1v) is 6.55. The second-order valence-electron chi connectivity index (χ2n) is 4.66. The number of benzene rings is 1. The molecule has 0 fully saturated rings. The quantitative estimate of drug-likeness (QED) is 0.908. The number of nitrogens with zero attached hydrogens (tertiary/aromatic N) is 1. The minimum absolute atomic E-state index is 0.0345. The zero-order chi connectivity index (χ0) is 14.4. The molecule has 0 aliphatic heterocycles. The van der Waals surface area contributed by atoms with E-state index in [0.29, 0.717) is 5.88 Å². The molecular formula is C16H18N2O2. The molecule has 0 saturated heterocycles. The summed E-state index contributed by atoms with van der Waals surface area (Å²) in [5, 5.41) is 2.89. The number of carbonyl (C=O) groups is 1. The van der Waals surface area contributed by atoms with Gasteiger partial charge in [0.05, 0.1) is 6.04 Å². The molecule has 1 aromatic carbocycles. The zero-order valence-corrected chi connectivity index (χ0v) is 11.7. The van der Waals surface area contributed by atoms with Gasteiger partial charge in [-0.25, -0.2) is 4.98 Å². The average molecular weight is 270 g/mol. The van der Waals surface area contributed by atoms with Crippen LogP contribution in [0, 0.1) is 6.92 Å². The fourth-order valence-electron chi connectivity index (χ4n) is 1.79. The summed E-state index contributed by atoms with van der Waals surface area (Å²) in [4.78, 5) is 15.9. The predicted octanol–water partition coefficient (Wildman–Crippen LogP) is 2.65. The third kappa shape index (κ3) is 4.09. The van der Waals surface area contributed by atoms with Crippen molar-refractivity contribution in [3.63, 3.8) is 0 Å². The first-order chi connectivity index (χ1) is 9.65. The number of pyridine rings is 1. The van der Waals surface area contributed by atoms with E-state index in [4.69, 9.17) is 4.74 Å². The van der Waals surface area contributed by atoms with Crippen molar-refractivity contribution in [2.45, 2.75) is 19.9 Å². The van der Waals surface area contributed by atoms with Crippen molar-refractivity contribution in [2.24, 2.45) is 0 Å². The van der Waals surface area contributed by atoms with E-state index in [0.717, 1.165) is 11.1 Å². The first-order valence-electron chi connectivity index (χ1n) is 6.55. The number of amides is 1. The van der Waals surface area contributed by atoms with Crippen LogP contribution in [-0.2, 0) is 4.79 Å². The summed E-state index contributed by atoms with van der Waals surface area (Å²) in [5.74, 6) is 0.293. The summed E-state index contributed by atoms with van der Waals surface area (Å²) in [5.41, 5.74) is 2.12. The third-order valence-corrected chi connectivity index (χ3v) is 2.91. The van der Waals surface area contributed by atoms with Crippen molar-refractivity contribution in [1.29, 1.82) is 0 Å². The molecule has 0 saturated carbocycles. The highest BCUT2D eigenvalue weighted by molar-refractivity contribution is 5.77. The van der Waals surface area contributed by atoms with Crippen LogP contribution in [0.4, 0.5) is 0 Å². The third-order valence-electron chi connectivity index (χ3n) is 2.91. The molecule has 20 heavy (non-hydrogen) atoms. The summed E-state index contributed by atoms with van der Waals surface area (Å²) in [6.45, 7) is 3.86. The minimum atomic E-state index is -0.163. The Balaban J connectivity index is 1.82. The maximum absolute atomic E-state index is 11.8. The highest BCUT2D eigenvalue weighted by Crippen LogP contribution is 2.11. The second kappa shape index (κ2) is 6.70. The Morgan fingerprint density at radius 2 is 2.00 bits per heavy atom. The van der Waals surface area contributed by atoms with Crippen LogP contribution >= 0.6 is 0 Å². The number of hydrogen-bond acceptors (Lipinski definition) is 3. The van der Waals surface area contributed by atoms with Crippen molar-refractivity contribution >= 4 is 5.91 Å². The summed E-state index contributed by atoms with van der Waals surface area (Å²) in [6, 6.07) is 13.4. The van der Waals surface area contributed by atoms with Gasteiger partial charge in [0.2, 0.25) is 5.88 Å². The molecule has 0 bridgehead atoms. The Bertz CT molecular complexity index is 552. The molecule has 1 N–H and O–H groups in total. The Labute approximate surface area is 118 Å². The molecule has 2 rings (SSSR count). The summed E-state index contributed by atoms with van der Waals surface area (Å²) in [6.07, 6.45) is 1.71. The van der Waals surface area contributed by atoms with E-state index < -0.39 is 0 Å². The molecule has 0 aliphatic rings. The standard InChI is InChI=1S/C16H18N2O2/c1-12-8-9-16(17-10-12)20-11-15(19)18-13(2)14-6-4-3-5-7-14/h3-10,13H,11H2,1-2H3,(H,18,19)/t13-/m0/s1. The monoisotopic (exact) mass is 270 g/mol. The van der Waals surface area contributed by atoms with Crippen LogP contribution in [0.3, 0.4) is 0 Å². The van der Waals surface area contributed by atoms with E-state index in [9.17, 15) is 4.79 Å². The molecule has 1 aromatic heterocycles. The number of rotatable bonds is 5. The number of carbonyl (C=O) groups excluding carboxylic acids is 1. The molecule has 0 radical (unpaired) electrons. The Kier molecular flexibility index (Phi) is 4.71. The fourth-order valence-corrected chi connectivity index (χ4v) is 1.79. The number of hydrogen-bond donors (Lipinski definition) is 1. The predicted molar refractivity (Wildman–Crippen MR) is 77.5 cm³/mol. The summed E-state index contributed by atoms with van der Waals surface area (Å²) in [7, 11) is 0. The van der Waals surface area contributed by atoms with E-state index in [1.807, 2.05) is 50.2 Å². The van der Waals surface area contributed by atoms with E-state index >= 15 is 0 Å². The Hall–Kier alpha value is -2.36. The maximum atomic E-state index is 11.8. The van der Waals surface area contributed by atoms with Gasteiger partial charge >= 0.3 is 0 Å². The van der Waals surface area contributed by atoms with Gasteiger partial charge < -0.3 is 10.1 Å². The van der Waals surface area contributed by atoms with Crippen LogP contribution in [0.15, 0.2) is 48.7 Å². The van der Waals surface area contributed by atoms with Crippen LogP contribution in [0.1, 0.15) is 24.1 Å². The highest BCUT2D eigenvalue weighted by Gasteiger charge is 2.09. The number of nitrogens with one attached hydrogen (secondary N) is 1. The lowest BCUT2D eigenvalue weighted by molar-refractivity contribution is -0.123.